The number of sulfonamides is 1. The van der Waals surface area contributed by atoms with Crippen LogP contribution < -0.4 is 5.32 Å². The molecule has 0 radical (unpaired) electrons. The average molecular weight is 318 g/mol. The molecule has 6 heteroatoms. The van der Waals surface area contributed by atoms with Gasteiger partial charge in [0.25, 0.3) is 0 Å². The largest absolute Gasteiger partial charge is 0.379 e. The molecule has 1 aliphatic rings. The SMILES string of the molecule is O=S(=O)(c1ccc(Nc2ccccc2)cc1)N1CCOCC1. The summed E-state index contributed by atoms with van der Waals surface area (Å²) < 4.78 is 31.7. The van der Waals surface area contributed by atoms with Crippen LogP contribution >= 0.6 is 0 Å². The van der Waals surface area contributed by atoms with Gasteiger partial charge in [-0.05, 0) is 36.4 Å². The summed E-state index contributed by atoms with van der Waals surface area (Å²) in [6.45, 7) is 1.72. The normalized spacial score (nSPS) is 16.4. The number of anilines is 2. The van der Waals surface area contributed by atoms with E-state index in [1.54, 1.807) is 24.3 Å². The summed E-state index contributed by atoms with van der Waals surface area (Å²) in [5.41, 5.74) is 1.82. The van der Waals surface area contributed by atoms with Crippen molar-refractivity contribution in [2.45, 2.75) is 4.90 Å². The Balaban J connectivity index is 1.76. The predicted molar refractivity (Wildman–Crippen MR) is 85.7 cm³/mol. The number of rotatable bonds is 4. The fourth-order valence-electron chi connectivity index (χ4n) is 2.33. The number of nitrogens with zero attached hydrogens (tertiary/aromatic N) is 1. The first-order valence-corrected chi connectivity index (χ1v) is 8.60. The Kier molecular flexibility index (Phi) is 4.42. The van der Waals surface area contributed by atoms with Crippen molar-refractivity contribution in [2.24, 2.45) is 0 Å². The molecule has 2 aromatic carbocycles. The average Bonchev–Trinajstić information content (AvgIpc) is 2.57. The summed E-state index contributed by atoms with van der Waals surface area (Å²) in [7, 11) is -3.43. The molecule has 0 bridgehead atoms. The second-order valence-corrected chi connectivity index (χ2v) is 6.97. The van der Waals surface area contributed by atoms with E-state index in [9.17, 15) is 8.42 Å². The Morgan fingerprint density at radius 1 is 0.864 bits per heavy atom. The first-order valence-electron chi connectivity index (χ1n) is 7.16. The zero-order valence-electron chi connectivity index (χ0n) is 12.1. The molecular weight excluding hydrogens is 300 g/mol. The number of para-hydroxylation sites is 1. The standard InChI is InChI=1S/C16H18N2O3S/c19-22(20,18-10-12-21-13-11-18)16-8-6-15(7-9-16)17-14-4-2-1-3-5-14/h1-9,17H,10-13H2. The first-order chi connectivity index (χ1) is 10.7. The summed E-state index contributed by atoms with van der Waals surface area (Å²) in [5.74, 6) is 0. The van der Waals surface area contributed by atoms with Crippen LogP contribution in [-0.2, 0) is 14.8 Å². The molecule has 1 saturated heterocycles. The maximum atomic E-state index is 12.5. The van der Waals surface area contributed by atoms with E-state index in [0.717, 1.165) is 11.4 Å². The Hall–Kier alpha value is -1.89. The minimum atomic E-state index is -3.43. The lowest BCUT2D eigenvalue weighted by Gasteiger charge is -2.26. The molecule has 2 aromatic rings. The van der Waals surface area contributed by atoms with Crippen LogP contribution in [0.3, 0.4) is 0 Å². The Morgan fingerprint density at radius 3 is 2.09 bits per heavy atom. The van der Waals surface area contributed by atoms with Gasteiger partial charge in [0, 0.05) is 24.5 Å². The number of hydrogen-bond acceptors (Lipinski definition) is 4. The van der Waals surface area contributed by atoms with Crippen LogP contribution in [0.15, 0.2) is 59.5 Å². The van der Waals surface area contributed by atoms with Crippen LogP contribution in [0.4, 0.5) is 11.4 Å². The van der Waals surface area contributed by atoms with Gasteiger partial charge in [0.1, 0.15) is 0 Å². The molecule has 0 aromatic heterocycles. The van der Waals surface area contributed by atoms with Crippen molar-refractivity contribution in [1.29, 1.82) is 0 Å². The van der Waals surface area contributed by atoms with Gasteiger partial charge in [0.2, 0.25) is 10.0 Å². The van der Waals surface area contributed by atoms with Crippen LogP contribution in [-0.4, -0.2) is 39.0 Å². The molecule has 5 nitrogen and oxygen atoms in total. The lowest BCUT2D eigenvalue weighted by molar-refractivity contribution is 0.0730. The van der Waals surface area contributed by atoms with Gasteiger partial charge in [0.15, 0.2) is 0 Å². The third-order valence-corrected chi connectivity index (χ3v) is 5.44. The van der Waals surface area contributed by atoms with Gasteiger partial charge in [-0.25, -0.2) is 8.42 Å². The van der Waals surface area contributed by atoms with Crippen LogP contribution in [0.2, 0.25) is 0 Å². The number of ether oxygens (including phenoxy) is 1. The lowest BCUT2D eigenvalue weighted by atomic mass is 10.3. The topological polar surface area (TPSA) is 58.6 Å². The van der Waals surface area contributed by atoms with E-state index in [1.807, 2.05) is 30.3 Å². The summed E-state index contributed by atoms with van der Waals surface area (Å²) in [6.07, 6.45) is 0. The van der Waals surface area contributed by atoms with Gasteiger partial charge < -0.3 is 10.1 Å². The van der Waals surface area contributed by atoms with Gasteiger partial charge in [-0.2, -0.15) is 4.31 Å². The maximum Gasteiger partial charge on any atom is 0.243 e. The monoisotopic (exact) mass is 318 g/mol. The summed E-state index contributed by atoms with van der Waals surface area (Å²) >= 11 is 0. The van der Waals surface area contributed by atoms with Crippen molar-refractivity contribution < 1.29 is 13.2 Å². The Labute approximate surface area is 130 Å². The molecular formula is C16H18N2O3S. The van der Waals surface area contributed by atoms with Crippen LogP contribution in [0.1, 0.15) is 0 Å². The van der Waals surface area contributed by atoms with Crippen molar-refractivity contribution in [3.63, 3.8) is 0 Å². The first kappa shape index (κ1) is 15.0. The second kappa shape index (κ2) is 6.48. The minimum absolute atomic E-state index is 0.313. The van der Waals surface area contributed by atoms with Gasteiger partial charge >= 0.3 is 0 Å². The summed E-state index contributed by atoms with van der Waals surface area (Å²) in [4.78, 5) is 0.313. The Bertz CT molecular complexity index is 709. The molecule has 1 heterocycles. The summed E-state index contributed by atoms with van der Waals surface area (Å²) in [6, 6.07) is 16.6. The van der Waals surface area contributed by atoms with E-state index in [4.69, 9.17) is 4.74 Å². The molecule has 0 amide bonds. The molecule has 0 aliphatic carbocycles. The van der Waals surface area contributed by atoms with Gasteiger partial charge in [-0.3, -0.25) is 0 Å². The number of benzene rings is 2. The molecule has 0 saturated carbocycles. The number of morpholine rings is 1. The third kappa shape index (κ3) is 3.30. The lowest BCUT2D eigenvalue weighted by Crippen LogP contribution is -2.40. The van der Waals surface area contributed by atoms with E-state index < -0.39 is 10.0 Å². The molecule has 0 unspecified atom stereocenters. The minimum Gasteiger partial charge on any atom is -0.379 e. The van der Waals surface area contributed by atoms with E-state index in [2.05, 4.69) is 5.32 Å². The van der Waals surface area contributed by atoms with E-state index >= 15 is 0 Å². The smallest absolute Gasteiger partial charge is 0.243 e. The van der Waals surface area contributed by atoms with Crippen molar-refractivity contribution in [2.75, 3.05) is 31.6 Å². The molecule has 1 N–H and O–H groups in total. The van der Waals surface area contributed by atoms with Crippen LogP contribution in [0.25, 0.3) is 0 Å². The molecule has 116 valence electrons. The zero-order valence-corrected chi connectivity index (χ0v) is 12.9. The quantitative estimate of drug-likeness (QED) is 0.941. The summed E-state index contributed by atoms with van der Waals surface area (Å²) in [5, 5.41) is 3.23. The molecule has 0 spiro atoms. The van der Waals surface area contributed by atoms with E-state index in [0.29, 0.717) is 31.2 Å². The molecule has 1 aliphatic heterocycles. The van der Waals surface area contributed by atoms with Crippen molar-refractivity contribution in [3.8, 4) is 0 Å². The van der Waals surface area contributed by atoms with Crippen molar-refractivity contribution in [3.05, 3.63) is 54.6 Å². The van der Waals surface area contributed by atoms with Crippen molar-refractivity contribution >= 4 is 21.4 Å². The highest BCUT2D eigenvalue weighted by Gasteiger charge is 2.25. The predicted octanol–water partition coefficient (Wildman–Crippen LogP) is 2.45. The Morgan fingerprint density at radius 2 is 1.45 bits per heavy atom. The highest BCUT2D eigenvalue weighted by Crippen LogP contribution is 2.21. The number of nitrogens with one attached hydrogen (secondary N) is 1. The van der Waals surface area contributed by atoms with Crippen LogP contribution in [0, 0.1) is 0 Å². The van der Waals surface area contributed by atoms with E-state index in [1.165, 1.54) is 4.31 Å². The molecule has 1 fully saturated rings. The fraction of sp³-hybridized carbons (Fsp3) is 0.250. The highest BCUT2D eigenvalue weighted by molar-refractivity contribution is 7.89. The van der Waals surface area contributed by atoms with Gasteiger partial charge in [-0.1, -0.05) is 18.2 Å². The molecule has 22 heavy (non-hydrogen) atoms. The second-order valence-electron chi connectivity index (χ2n) is 5.03. The molecule has 0 atom stereocenters. The van der Waals surface area contributed by atoms with Crippen LogP contribution in [0.5, 0.6) is 0 Å². The van der Waals surface area contributed by atoms with Gasteiger partial charge in [0.05, 0.1) is 18.1 Å². The number of hydrogen-bond donors (Lipinski definition) is 1. The fourth-order valence-corrected chi connectivity index (χ4v) is 3.74. The maximum absolute atomic E-state index is 12.5. The van der Waals surface area contributed by atoms with Gasteiger partial charge in [-0.15, -0.1) is 0 Å². The third-order valence-electron chi connectivity index (χ3n) is 3.52. The zero-order chi connectivity index (χ0) is 15.4. The molecule has 3 rings (SSSR count). The highest BCUT2D eigenvalue weighted by atomic mass is 32.2. The van der Waals surface area contributed by atoms with E-state index in [-0.39, 0.29) is 0 Å². The van der Waals surface area contributed by atoms with Crippen molar-refractivity contribution in [1.82, 2.24) is 4.31 Å².